The molecule has 1 aromatic heterocycles. The van der Waals surface area contributed by atoms with Gasteiger partial charge in [-0.05, 0) is 68.2 Å². The molecule has 0 aliphatic rings. The monoisotopic (exact) mass is 899 g/mol. The number of hydrogen-bond acceptors (Lipinski definition) is 12. The van der Waals surface area contributed by atoms with Gasteiger partial charge >= 0.3 is 0 Å². The lowest BCUT2D eigenvalue weighted by Gasteiger charge is -2.30. The number of H-pyrrole nitrogens is 1. The molecule has 2 rings (SSSR count). The lowest BCUT2D eigenvalue weighted by atomic mass is 9.96. The van der Waals surface area contributed by atoms with Gasteiger partial charge < -0.3 is 64.5 Å². The van der Waals surface area contributed by atoms with Crippen LogP contribution in [0.5, 0.6) is 5.75 Å². The zero-order valence-corrected chi connectivity index (χ0v) is 38.0. The average molecular weight is 899 g/mol. The fraction of sp³-hybridized carbons (Fsp3) is 0.605. The average Bonchev–Trinajstić information content (AvgIpc) is 3.76. The number of aromatic hydroxyl groups is 1. The SMILES string of the molecule is CC[C@H](C)[C@H](NC(=O)[C@H](Cc1ccc(O)cc1)NC(=O)[C@@H](NC(=O)CNC(=O)[C@@H](N)CCCCN)C(C)C)C(=O)N[C@@H](Cc1cnc[nH]1)C(=O)N[C@@H](C)C(=O)N[C@@H](CC(C)C)C(N)=O. The molecule has 21 heteroatoms. The number of rotatable bonds is 28. The van der Waals surface area contributed by atoms with E-state index in [9.17, 15) is 43.5 Å². The molecule has 0 aliphatic heterocycles. The van der Waals surface area contributed by atoms with Gasteiger partial charge in [-0.25, -0.2) is 4.98 Å². The van der Waals surface area contributed by atoms with E-state index in [1.807, 2.05) is 13.8 Å². The number of nitrogens with zero attached hydrogens (tertiary/aromatic N) is 1. The zero-order chi connectivity index (χ0) is 48.1. The van der Waals surface area contributed by atoms with Crippen LogP contribution in [-0.2, 0) is 51.2 Å². The molecule has 21 nitrogen and oxygen atoms in total. The molecule has 356 valence electrons. The fourth-order valence-corrected chi connectivity index (χ4v) is 6.47. The first-order chi connectivity index (χ1) is 30.2. The van der Waals surface area contributed by atoms with Crippen molar-refractivity contribution in [3.8, 4) is 5.75 Å². The van der Waals surface area contributed by atoms with Crippen molar-refractivity contribution in [2.45, 2.75) is 136 Å². The van der Waals surface area contributed by atoms with Crippen molar-refractivity contribution in [3.63, 3.8) is 0 Å². The number of aromatic nitrogens is 2. The molecule has 64 heavy (non-hydrogen) atoms. The topological polar surface area (TPSA) is 348 Å². The van der Waals surface area contributed by atoms with E-state index in [-0.39, 0.29) is 30.9 Å². The smallest absolute Gasteiger partial charge is 0.243 e. The number of aromatic amines is 1. The predicted octanol–water partition coefficient (Wildman–Crippen LogP) is -1.36. The first-order valence-corrected chi connectivity index (χ1v) is 21.8. The number of benzene rings is 1. The number of imidazole rings is 1. The van der Waals surface area contributed by atoms with Gasteiger partial charge in [-0.1, -0.05) is 66.5 Å². The van der Waals surface area contributed by atoms with Gasteiger partial charge in [0.05, 0.1) is 18.9 Å². The molecule has 0 saturated carbocycles. The van der Waals surface area contributed by atoms with Crippen molar-refractivity contribution < 1.29 is 43.5 Å². The molecule has 0 bridgehead atoms. The highest BCUT2D eigenvalue weighted by atomic mass is 16.3. The van der Waals surface area contributed by atoms with E-state index in [0.29, 0.717) is 43.5 Å². The van der Waals surface area contributed by atoms with Crippen LogP contribution in [0.25, 0.3) is 0 Å². The van der Waals surface area contributed by atoms with Gasteiger partial charge in [0.15, 0.2) is 0 Å². The molecule has 8 atom stereocenters. The lowest BCUT2D eigenvalue weighted by molar-refractivity contribution is -0.136. The molecule has 1 aromatic carbocycles. The van der Waals surface area contributed by atoms with Crippen LogP contribution in [0, 0.1) is 17.8 Å². The summed E-state index contributed by atoms with van der Waals surface area (Å²) in [5, 5.41) is 28.3. The minimum Gasteiger partial charge on any atom is -0.508 e. The van der Waals surface area contributed by atoms with E-state index >= 15 is 0 Å². The molecule has 1 heterocycles. The summed E-state index contributed by atoms with van der Waals surface area (Å²) < 4.78 is 0. The molecule has 0 radical (unpaired) electrons. The van der Waals surface area contributed by atoms with Crippen molar-refractivity contribution in [2.24, 2.45) is 35.0 Å². The summed E-state index contributed by atoms with van der Waals surface area (Å²) in [6.07, 6.45) is 5.06. The number of primary amides is 1. The second-order valence-corrected chi connectivity index (χ2v) is 16.9. The van der Waals surface area contributed by atoms with Gasteiger partial charge in [0.2, 0.25) is 47.3 Å². The molecule has 0 fully saturated rings. The number of unbranched alkanes of at least 4 members (excludes halogenated alkanes) is 1. The number of hydrogen-bond donors (Lipinski definition) is 12. The molecule has 2 aromatic rings. The van der Waals surface area contributed by atoms with Crippen molar-refractivity contribution in [1.29, 1.82) is 0 Å². The van der Waals surface area contributed by atoms with Crippen LogP contribution in [0.4, 0.5) is 0 Å². The summed E-state index contributed by atoms with van der Waals surface area (Å²) >= 11 is 0. The van der Waals surface area contributed by atoms with Gasteiger partial charge in [0, 0.05) is 24.7 Å². The van der Waals surface area contributed by atoms with Gasteiger partial charge in [0.1, 0.15) is 42.0 Å². The predicted molar refractivity (Wildman–Crippen MR) is 238 cm³/mol. The number of nitrogens with two attached hydrogens (primary N) is 3. The summed E-state index contributed by atoms with van der Waals surface area (Å²) in [6.45, 7) is 12.0. The quantitative estimate of drug-likeness (QED) is 0.0441. The van der Waals surface area contributed by atoms with Gasteiger partial charge in [-0.3, -0.25) is 38.4 Å². The first kappa shape index (κ1) is 54.0. The van der Waals surface area contributed by atoms with Crippen molar-refractivity contribution >= 4 is 47.3 Å². The fourth-order valence-electron chi connectivity index (χ4n) is 6.47. The second-order valence-electron chi connectivity index (χ2n) is 16.9. The van der Waals surface area contributed by atoms with Crippen molar-refractivity contribution in [2.75, 3.05) is 13.1 Å². The Labute approximate surface area is 374 Å². The molecular weight excluding hydrogens is 829 g/mol. The zero-order valence-electron chi connectivity index (χ0n) is 38.0. The van der Waals surface area contributed by atoms with Crippen LogP contribution in [0.15, 0.2) is 36.8 Å². The van der Waals surface area contributed by atoms with E-state index < -0.39 is 108 Å². The Morgan fingerprint density at radius 2 is 1.31 bits per heavy atom. The lowest BCUT2D eigenvalue weighted by Crippen LogP contribution is -2.61. The van der Waals surface area contributed by atoms with E-state index in [0.717, 1.165) is 0 Å². The summed E-state index contributed by atoms with van der Waals surface area (Å²) in [6, 6.07) is -2.02. The summed E-state index contributed by atoms with van der Waals surface area (Å²) in [7, 11) is 0. The molecule has 15 N–H and O–H groups in total. The Hall–Kier alpha value is -6.09. The van der Waals surface area contributed by atoms with Crippen LogP contribution >= 0.6 is 0 Å². The summed E-state index contributed by atoms with van der Waals surface area (Å²) in [4.78, 5) is 113. The standard InChI is InChI=1S/C43H70N12O9/c1-8-25(6)36(43(64)53-33(19-28-20-47-22-49-28)40(61)50-26(7)38(59)51-31(37(46)58)17-23(2)3)55-41(62)32(18-27-12-14-29(56)15-13-27)52-42(63)35(24(4)5)54-34(57)21-48-39(60)30(45)11-9-10-16-44/h12-15,20,22-26,30-33,35-36,56H,8-11,16-19,21,44-45H2,1-7H3,(H2,46,58)(H,47,49)(H,48,60)(H,50,61)(H,51,59)(H,52,63)(H,53,64)(H,54,57)(H,55,62)/t25-,26-,30-,31-,32-,33-,35-,36-/m0/s1. The van der Waals surface area contributed by atoms with Crippen LogP contribution in [-0.4, -0.2) is 118 Å². The Morgan fingerprint density at radius 1 is 0.719 bits per heavy atom. The third-order valence-electron chi connectivity index (χ3n) is 10.5. The van der Waals surface area contributed by atoms with Crippen molar-refractivity contribution in [3.05, 3.63) is 48.0 Å². The maximum atomic E-state index is 14.3. The first-order valence-electron chi connectivity index (χ1n) is 21.8. The summed E-state index contributed by atoms with van der Waals surface area (Å²) in [5.41, 5.74) is 17.9. The molecule has 0 saturated heterocycles. The Bertz CT molecular complexity index is 1840. The number of amides is 8. The number of phenols is 1. The highest BCUT2D eigenvalue weighted by Gasteiger charge is 2.35. The second kappa shape index (κ2) is 27.2. The highest BCUT2D eigenvalue weighted by molar-refractivity contribution is 5.97. The van der Waals surface area contributed by atoms with E-state index in [2.05, 4.69) is 47.2 Å². The molecule has 0 unspecified atom stereocenters. The van der Waals surface area contributed by atoms with Gasteiger partial charge in [-0.15, -0.1) is 0 Å². The van der Waals surface area contributed by atoms with Gasteiger partial charge in [0.25, 0.3) is 0 Å². The molecule has 0 spiro atoms. The molecular formula is C43H70N12O9. The third kappa shape index (κ3) is 18.7. The maximum Gasteiger partial charge on any atom is 0.243 e. The van der Waals surface area contributed by atoms with Crippen molar-refractivity contribution in [1.82, 2.24) is 47.2 Å². The normalized spacial score (nSPS) is 15.0. The Morgan fingerprint density at radius 3 is 1.86 bits per heavy atom. The largest absolute Gasteiger partial charge is 0.508 e. The number of carbonyl (C=O) groups excluding carboxylic acids is 8. The number of nitrogens with one attached hydrogen (secondary N) is 8. The minimum absolute atomic E-state index is 0.0294. The third-order valence-corrected chi connectivity index (χ3v) is 10.5. The van der Waals surface area contributed by atoms with Crippen LogP contribution in [0.3, 0.4) is 0 Å². The molecule has 8 amide bonds. The highest BCUT2D eigenvalue weighted by Crippen LogP contribution is 2.15. The van der Waals surface area contributed by atoms with Crippen LogP contribution in [0.2, 0.25) is 0 Å². The van der Waals surface area contributed by atoms with Gasteiger partial charge in [-0.2, -0.15) is 0 Å². The molecule has 0 aliphatic carbocycles. The Kier molecular flexibility index (Phi) is 22.9. The van der Waals surface area contributed by atoms with E-state index in [1.54, 1.807) is 39.8 Å². The van der Waals surface area contributed by atoms with Crippen LogP contribution < -0.4 is 54.4 Å². The van der Waals surface area contributed by atoms with Crippen LogP contribution in [0.1, 0.15) is 91.8 Å². The summed E-state index contributed by atoms with van der Waals surface area (Å²) in [5.74, 6) is -6.57. The maximum absolute atomic E-state index is 14.3. The van der Waals surface area contributed by atoms with E-state index in [1.165, 1.54) is 31.6 Å². The Balaban J connectivity index is 2.33. The number of carbonyl (C=O) groups is 8. The minimum atomic E-state index is -1.32. The number of phenolic OH excluding ortho intramolecular Hbond substituents is 1. The van der Waals surface area contributed by atoms with E-state index in [4.69, 9.17) is 17.2 Å².